The van der Waals surface area contributed by atoms with Crippen LogP contribution in [0.2, 0.25) is 0 Å². The van der Waals surface area contributed by atoms with E-state index in [2.05, 4.69) is 10.6 Å². The van der Waals surface area contributed by atoms with Gasteiger partial charge < -0.3 is 47.4 Å². The fourth-order valence-electron chi connectivity index (χ4n) is 4.97. The summed E-state index contributed by atoms with van der Waals surface area (Å²) in [5.74, 6) is -3.27. The fraction of sp³-hybridized carbons (Fsp3) is 0.633. The Hall–Kier alpha value is -2.69. The number of carbonyl (C=O) groups is 4. The Labute approximate surface area is 311 Å². The molecule has 280 valence electrons. The number of rotatable bonds is 18. The molecule has 10 N–H and O–H groups in total. The highest BCUT2D eigenvalue weighted by Crippen LogP contribution is 2.16. The van der Waals surface area contributed by atoms with Gasteiger partial charge in [0.2, 0.25) is 0 Å². The summed E-state index contributed by atoms with van der Waals surface area (Å²) < 4.78 is 0.878. The zero-order valence-electron chi connectivity index (χ0n) is 27.9. The Kier molecular flexibility index (Phi) is 20.0. The summed E-state index contributed by atoms with van der Waals surface area (Å²) in [6.07, 6.45) is 1.02. The normalized spacial score (nSPS) is 17.3. The first-order valence-electron chi connectivity index (χ1n) is 16.0. The molecule has 4 atom stereocenters. The van der Waals surface area contributed by atoms with Crippen LogP contribution in [0.15, 0.2) is 18.2 Å². The molecule has 2 heterocycles. The molecule has 0 amide bonds. The lowest BCUT2D eigenvalue weighted by Gasteiger charge is -2.34. The maximum absolute atomic E-state index is 12.5. The predicted octanol–water partition coefficient (Wildman–Crippen LogP) is 0.137. The molecule has 0 saturated carbocycles. The Morgan fingerprint density at radius 2 is 1.14 bits per heavy atom. The van der Waals surface area contributed by atoms with Crippen LogP contribution in [-0.2, 0) is 32.3 Å². The highest BCUT2D eigenvalue weighted by molar-refractivity contribution is 8.23. The number of thioether (sulfide) groups is 2. The molecule has 0 fully saturated rings. The number of fused-ring (bicyclic) bond motifs is 2. The number of carboxylic acid groups (broad SMARTS) is 4. The zero-order valence-corrected chi connectivity index (χ0v) is 31.2. The Balaban J connectivity index is 2.06. The van der Waals surface area contributed by atoms with Crippen LogP contribution in [-0.4, -0.2) is 155 Å². The van der Waals surface area contributed by atoms with Crippen LogP contribution in [0.25, 0.3) is 0 Å². The van der Waals surface area contributed by atoms with Gasteiger partial charge in [0.1, 0.15) is 32.8 Å². The first kappa shape index (κ1) is 43.5. The molecule has 16 nitrogen and oxygen atoms in total. The number of hydrogen-bond acceptors (Lipinski definition) is 14. The summed E-state index contributed by atoms with van der Waals surface area (Å²) in [6, 6.07) is 1.86. The second-order valence-corrected chi connectivity index (χ2v) is 15.3. The number of carboxylic acids is 4. The number of hydrogen-bond donors (Lipinski definition) is 8. The summed E-state index contributed by atoms with van der Waals surface area (Å²) in [7, 11) is 1.91. The SMILES string of the molecule is CN1CCN(C(CCNC(=S)SCC[C@H](N)C(=O)O)C(=O)O)Cc2cccc(n2)CN(C(CCNC(=S)SCC[C@H](N)C(=O)O)C(=O)O)CC1. The van der Waals surface area contributed by atoms with Gasteiger partial charge in [-0.1, -0.05) is 54.0 Å². The third kappa shape index (κ3) is 16.6. The maximum Gasteiger partial charge on any atom is 0.320 e. The predicted molar refractivity (Wildman–Crippen MR) is 201 cm³/mol. The molecule has 1 aliphatic rings. The van der Waals surface area contributed by atoms with Crippen LogP contribution < -0.4 is 22.1 Å². The molecule has 0 aromatic carbocycles. The Bertz CT molecular complexity index is 1220. The molecule has 2 unspecified atom stereocenters. The van der Waals surface area contributed by atoms with E-state index in [0.717, 1.165) is 0 Å². The largest absolute Gasteiger partial charge is 0.480 e. The van der Waals surface area contributed by atoms with E-state index in [-0.39, 0.29) is 38.8 Å². The van der Waals surface area contributed by atoms with E-state index in [0.29, 0.717) is 70.8 Å². The lowest BCUT2D eigenvalue weighted by molar-refractivity contribution is -0.144. The van der Waals surface area contributed by atoms with Crippen LogP contribution >= 0.6 is 48.0 Å². The minimum Gasteiger partial charge on any atom is -0.480 e. The maximum atomic E-state index is 12.5. The van der Waals surface area contributed by atoms with Gasteiger partial charge in [0.05, 0.1) is 11.4 Å². The van der Waals surface area contributed by atoms with Crippen molar-refractivity contribution in [2.45, 2.75) is 62.9 Å². The molecule has 20 heteroatoms. The van der Waals surface area contributed by atoms with Crippen molar-refractivity contribution in [3.63, 3.8) is 0 Å². The second kappa shape index (κ2) is 23.0. The fourth-order valence-corrected chi connectivity index (χ4v) is 7.20. The lowest BCUT2D eigenvalue weighted by Crippen LogP contribution is -2.48. The van der Waals surface area contributed by atoms with Crippen molar-refractivity contribution in [2.24, 2.45) is 11.5 Å². The van der Waals surface area contributed by atoms with Crippen molar-refractivity contribution in [1.82, 2.24) is 30.3 Å². The van der Waals surface area contributed by atoms with Crippen molar-refractivity contribution in [2.75, 3.05) is 57.8 Å². The Morgan fingerprint density at radius 1 is 0.740 bits per heavy atom. The summed E-state index contributed by atoms with van der Waals surface area (Å²) in [4.78, 5) is 57.3. The summed E-state index contributed by atoms with van der Waals surface area (Å²) in [6.45, 7) is 3.03. The van der Waals surface area contributed by atoms with Gasteiger partial charge in [0, 0.05) is 63.9 Å². The van der Waals surface area contributed by atoms with Gasteiger partial charge in [-0.25, -0.2) is 0 Å². The molecule has 0 radical (unpaired) electrons. The number of aromatic nitrogens is 1. The number of aliphatic carboxylic acids is 4. The van der Waals surface area contributed by atoms with Crippen LogP contribution in [0.4, 0.5) is 0 Å². The van der Waals surface area contributed by atoms with E-state index in [4.69, 9.17) is 51.1 Å². The minimum absolute atomic E-state index is 0.252. The molecule has 2 bridgehead atoms. The van der Waals surface area contributed by atoms with Gasteiger partial charge in [-0.2, -0.15) is 0 Å². The zero-order chi connectivity index (χ0) is 37.2. The summed E-state index contributed by atoms with van der Waals surface area (Å²) in [5.41, 5.74) is 12.4. The van der Waals surface area contributed by atoms with E-state index in [9.17, 15) is 29.4 Å². The van der Waals surface area contributed by atoms with E-state index in [1.54, 1.807) is 0 Å². The highest BCUT2D eigenvalue weighted by Gasteiger charge is 2.29. The van der Waals surface area contributed by atoms with Crippen molar-refractivity contribution in [3.8, 4) is 0 Å². The van der Waals surface area contributed by atoms with Crippen molar-refractivity contribution >= 4 is 80.5 Å². The molecular formula is C30H48N8O8S4. The van der Waals surface area contributed by atoms with Crippen LogP contribution in [0.1, 0.15) is 37.1 Å². The third-order valence-corrected chi connectivity index (χ3v) is 10.6. The molecule has 1 aromatic heterocycles. The molecule has 1 aliphatic heterocycles. The topological polar surface area (TPSA) is 248 Å². The molecule has 50 heavy (non-hydrogen) atoms. The monoisotopic (exact) mass is 776 g/mol. The molecule has 0 aliphatic carbocycles. The molecule has 2 rings (SSSR count). The lowest BCUT2D eigenvalue weighted by atomic mass is 10.1. The first-order chi connectivity index (χ1) is 23.7. The summed E-state index contributed by atoms with van der Waals surface area (Å²) in [5, 5.41) is 44.4. The van der Waals surface area contributed by atoms with Gasteiger partial charge in [0.15, 0.2) is 0 Å². The van der Waals surface area contributed by atoms with Gasteiger partial charge in [-0.3, -0.25) is 34.0 Å². The number of nitrogens with one attached hydrogen (secondary N) is 2. The molecule has 0 saturated heterocycles. The molecular weight excluding hydrogens is 729 g/mol. The van der Waals surface area contributed by atoms with Gasteiger partial charge in [0.25, 0.3) is 0 Å². The third-order valence-electron chi connectivity index (χ3n) is 7.92. The van der Waals surface area contributed by atoms with Crippen molar-refractivity contribution in [1.29, 1.82) is 0 Å². The van der Waals surface area contributed by atoms with Crippen LogP contribution in [0, 0.1) is 0 Å². The smallest absolute Gasteiger partial charge is 0.320 e. The average molecular weight is 777 g/mol. The first-order valence-corrected chi connectivity index (χ1v) is 18.8. The van der Waals surface area contributed by atoms with Crippen LogP contribution in [0.5, 0.6) is 0 Å². The quantitative estimate of drug-likeness (QED) is 0.0924. The van der Waals surface area contributed by atoms with Gasteiger partial charge in [-0.15, -0.1) is 0 Å². The van der Waals surface area contributed by atoms with E-state index in [1.807, 2.05) is 39.9 Å². The Morgan fingerprint density at radius 3 is 1.50 bits per heavy atom. The number of likely N-dealkylation sites (N-methyl/N-ethyl adjacent to an activating group) is 1. The molecule has 1 aromatic rings. The van der Waals surface area contributed by atoms with Crippen molar-refractivity contribution in [3.05, 3.63) is 29.6 Å². The van der Waals surface area contributed by atoms with Crippen molar-refractivity contribution < 1.29 is 39.6 Å². The highest BCUT2D eigenvalue weighted by atomic mass is 32.2. The number of nitrogens with zero attached hydrogens (tertiary/aromatic N) is 4. The molecule has 0 spiro atoms. The van der Waals surface area contributed by atoms with Gasteiger partial charge in [-0.05, 0) is 44.9 Å². The minimum atomic E-state index is -1.08. The average Bonchev–Trinajstić information content (AvgIpc) is 3.04. The standard InChI is InChI=1S/C30H48N8O8S4/c1-36-11-13-37(23(27(43)44)5-9-33-29(47)49-15-7-21(31)25(39)40)17-19-3-2-4-20(35-19)18-38(14-12-36)24(28(45)46)6-10-34-30(48)50-16-8-22(32)26(41)42/h2-4,21-24H,5-18,31-32H2,1H3,(H,33,47)(H,34,48)(H,39,40)(H,41,42)(H,43,44)(H,45,46)/t21-,22-,23?,24?/m0/s1. The van der Waals surface area contributed by atoms with E-state index in [1.165, 1.54) is 23.5 Å². The van der Waals surface area contributed by atoms with E-state index >= 15 is 0 Å². The summed E-state index contributed by atoms with van der Waals surface area (Å²) >= 11 is 13.2. The van der Waals surface area contributed by atoms with Gasteiger partial charge >= 0.3 is 23.9 Å². The van der Waals surface area contributed by atoms with Crippen LogP contribution in [0.3, 0.4) is 0 Å². The number of nitrogens with two attached hydrogens (primary N) is 2. The number of pyridine rings is 1. The van der Waals surface area contributed by atoms with E-state index < -0.39 is 48.0 Å². The number of thiocarbonyl (C=S) groups is 2. The second-order valence-electron chi connectivity index (χ2n) is 11.7.